The van der Waals surface area contributed by atoms with Crippen molar-refractivity contribution in [1.29, 1.82) is 0 Å². The molecule has 0 saturated carbocycles. The van der Waals surface area contributed by atoms with Gasteiger partial charge in [-0.3, -0.25) is 9.59 Å². The van der Waals surface area contributed by atoms with Crippen LogP contribution in [0.4, 0.5) is 5.69 Å². The predicted octanol–water partition coefficient (Wildman–Crippen LogP) is 5.25. The maximum absolute atomic E-state index is 14.1. The van der Waals surface area contributed by atoms with Gasteiger partial charge in [-0.05, 0) is 48.9 Å². The van der Waals surface area contributed by atoms with Crippen LogP contribution in [0.15, 0.2) is 66.7 Å². The highest BCUT2D eigenvalue weighted by Gasteiger charge is 2.59. The van der Waals surface area contributed by atoms with Crippen LogP contribution in [-0.4, -0.2) is 36.1 Å². The van der Waals surface area contributed by atoms with E-state index in [-0.39, 0.29) is 11.8 Å². The fraction of sp³-hybridized carbons (Fsp3) is 0.231. The summed E-state index contributed by atoms with van der Waals surface area (Å²) in [6, 6.07) is 20.7. The van der Waals surface area contributed by atoms with Crippen LogP contribution in [-0.2, 0) is 16.2 Å². The lowest BCUT2D eigenvalue weighted by Gasteiger charge is -2.33. The Hall–Kier alpha value is -2.96. The zero-order valence-electron chi connectivity index (χ0n) is 18.4. The van der Waals surface area contributed by atoms with Gasteiger partial charge in [-0.2, -0.15) is 0 Å². The summed E-state index contributed by atoms with van der Waals surface area (Å²) in [5, 5.41) is 0.541. The van der Waals surface area contributed by atoms with Gasteiger partial charge in [0, 0.05) is 28.4 Å². The van der Waals surface area contributed by atoms with Gasteiger partial charge in [0.05, 0.1) is 19.3 Å². The first-order chi connectivity index (χ1) is 15.9. The van der Waals surface area contributed by atoms with E-state index in [4.69, 9.17) is 16.3 Å². The smallest absolute Gasteiger partial charge is 0.268 e. The van der Waals surface area contributed by atoms with E-state index in [0.717, 1.165) is 22.4 Å². The molecule has 0 N–H and O–H groups in total. The molecule has 168 valence electrons. The van der Waals surface area contributed by atoms with Crippen molar-refractivity contribution in [3.63, 3.8) is 0 Å². The van der Waals surface area contributed by atoms with Crippen molar-refractivity contribution in [1.82, 2.24) is 4.90 Å². The lowest BCUT2D eigenvalue weighted by molar-refractivity contribution is -0.123. The molecule has 3 aromatic carbocycles. The average molecular weight is 479 g/mol. The highest BCUT2D eigenvalue weighted by molar-refractivity contribution is 8.01. The molecule has 2 aliphatic heterocycles. The molecule has 5 rings (SSSR count). The number of rotatable bonds is 4. The summed E-state index contributed by atoms with van der Waals surface area (Å²) in [7, 11) is 1.57. The number of carbonyl (C=O) groups excluding carboxylic acids is 2. The number of carbonyl (C=O) groups is 2. The number of anilines is 1. The number of methoxy groups -OCH3 is 1. The monoisotopic (exact) mass is 478 g/mol. The quantitative estimate of drug-likeness (QED) is 0.514. The highest BCUT2D eigenvalue weighted by atomic mass is 35.5. The Morgan fingerprint density at radius 1 is 1.12 bits per heavy atom. The number of nitrogens with zero attached hydrogens (tertiary/aromatic N) is 2. The number of ether oxygens (including phenoxy) is 1. The van der Waals surface area contributed by atoms with Crippen LogP contribution in [0, 0.1) is 6.92 Å². The third kappa shape index (κ3) is 3.58. The molecule has 1 saturated heterocycles. The Balaban J connectivity index is 1.58. The topological polar surface area (TPSA) is 49.9 Å². The third-order valence-corrected chi connectivity index (χ3v) is 7.83. The maximum atomic E-state index is 14.1. The Morgan fingerprint density at radius 3 is 2.67 bits per heavy atom. The fourth-order valence-electron chi connectivity index (χ4n) is 4.53. The lowest BCUT2D eigenvalue weighted by Crippen LogP contribution is -2.50. The van der Waals surface area contributed by atoms with Crippen molar-refractivity contribution in [2.24, 2.45) is 0 Å². The molecular weight excluding hydrogens is 456 g/mol. The molecule has 1 spiro atoms. The first-order valence-corrected chi connectivity index (χ1v) is 12.1. The number of fused-ring (bicyclic) bond motifs is 2. The number of amides is 2. The van der Waals surface area contributed by atoms with Crippen molar-refractivity contribution in [3.8, 4) is 5.75 Å². The zero-order valence-corrected chi connectivity index (χ0v) is 19.9. The van der Waals surface area contributed by atoms with Crippen LogP contribution in [0.25, 0.3) is 0 Å². The van der Waals surface area contributed by atoms with Crippen LogP contribution >= 0.6 is 23.4 Å². The number of benzene rings is 3. The van der Waals surface area contributed by atoms with E-state index in [9.17, 15) is 9.59 Å². The number of aryl methyl sites for hydroxylation is 1. The van der Waals surface area contributed by atoms with E-state index < -0.39 is 4.87 Å². The van der Waals surface area contributed by atoms with Crippen LogP contribution in [0.2, 0.25) is 5.02 Å². The Kier molecular flexibility index (Phi) is 5.59. The van der Waals surface area contributed by atoms with E-state index in [1.165, 1.54) is 11.8 Å². The third-order valence-electron chi connectivity index (χ3n) is 6.18. The van der Waals surface area contributed by atoms with Gasteiger partial charge in [0.1, 0.15) is 5.75 Å². The second-order valence-electron chi connectivity index (χ2n) is 8.22. The molecule has 1 atom stereocenters. The van der Waals surface area contributed by atoms with Crippen molar-refractivity contribution < 1.29 is 14.3 Å². The normalized spacial score (nSPS) is 19.3. The van der Waals surface area contributed by atoms with Crippen LogP contribution in [0.5, 0.6) is 5.75 Å². The molecule has 1 fully saturated rings. The van der Waals surface area contributed by atoms with Crippen LogP contribution in [0.3, 0.4) is 0 Å². The van der Waals surface area contributed by atoms with Crippen molar-refractivity contribution >= 4 is 40.9 Å². The van der Waals surface area contributed by atoms with Crippen molar-refractivity contribution in [2.45, 2.75) is 18.3 Å². The first kappa shape index (κ1) is 21.9. The molecule has 0 radical (unpaired) electrons. The van der Waals surface area contributed by atoms with Gasteiger partial charge in [0.25, 0.3) is 11.8 Å². The molecule has 0 unspecified atom stereocenters. The molecule has 0 bridgehead atoms. The van der Waals surface area contributed by atoms with Gasteiger partial charge >= 0.3 is 0 Å². The van der Waals surface area contributed by atoms with Gasteiger partial charge in [0.2, 0.25) is 0 Å². The summed E-state index contributed by atoms with van der Waals surface area (Å²) in [6.45, 7) is 2.93. The van der Waals surface area contributed by atoms with Crippen LogP contribution < -0.4 is 9.64 Å². The molecular formula is C26H23ClN2O3S. The lowest BCUT2D eigenvalue weighted by atomic mass is 10.0. The zero-order chi connectivity index (χ0) is 23.2. The summed E-state index contributed by atoms with van der Waals surface area (Å²) in [6.07, 6.45) is 0. The number of halogens is 1. The molecule has 33 heavy (non-hydrogen) atoms. The summed E-state index contributed by atoms with van der Waals surface area (Å²) in [5.41, 5.74) is 4.25. The summed E-state index contributed by atoms with van der Waals surface area (Å²) in [4.78, 5) is 30.1. The first-order valence-electron chi connectivity index (χ1n) is 10.7. The summed E-state index contributed by atoms with van der Waals surface area (Å²) >= 11 is 7.88. The van der Waals surface area contributed by atoms with Gasteiger partial charge in [-0.15, -0.1) is 11.8 Å². The van der Waals surface area contributed by atoms with Crippen molar-refractivity contribution in [2.75, 3.05) is 24.3 Å². The van der Waals surface area contributed by atoms with E-state index in [1.807, 2.05) is 43.3 Å². The largest absolute Gasteiger partial charge is 0.497 e. The summed E-state index contributed by atoms with van der Waals surface area (Å²) in [5.74, 6) is 0.949. The molecule has 3 aromatic rings. The van der Waals surface area contributed by atoms with Crippen molar-refractivity contribution in [3.05, 3.63) is 94.0 Å². The Bertz CT molecular complexity index is 1250. The standard InChI is InChI=1S/C26H23ClN2O3S/c1-17-6-8-18(9-7-17)16-28-23-11-10-20(27)15-22(23)26(25(28)31)29(12-13-33-26)24(30)19-4-3-5-21(14-19)32-2/h3-11,14-15H,12-13,16H2,1-2H3/t26-/m0/s1. The molecule has 0 aliphatic carbocycles. The fourth-order valence-corrected chi connectivity index (χ4v) is 6.16. The van der Waals surface area contributed by atoms with E-state index in [2.05, 4.69) is 0 Å². The minimum Gasteiger partial charge on any atom is -0.497 e. The minimum atomic E-state index is -1.13. The Labute approximate surface area is 202 Å². The molecule has 0 aromatic heterocycles. The molecule has 7 heteroatoms. The molecule has 2 amide bonds. The minimum absolute atomic E-state index is 0.112. The Morgan fingerprint density at radius 2 is 1.91 bits per heavy atom. The number of hydrogen-bond acceptors (Lipinski definition) is 4. The number of hydrogen-bond donors (Lipinski definition) is 0. The van der Waals surface area contributed by atoms with E-state index in [0.29, 0.717) is 35.2 Å². The predicted molar refractivity (Wildman–Crippen MR) is 132 cm³/mol. The second kappa shape index (κ2) is 8.43. The van der Waals surface area contributed by atoms with Gasteiger partial charge < -0.3 is 14.5 Å². The molecule has 2 heterocycles. The van der Waals surface area contributed by atoms with Crippen LogP contribution in [0.1, 0.15) is 27.0 Å². The second-order valence-corrected chi connectivity index (χ2v) is 9.94. The number of thioether (sulfide) groups is 1. The summed E-state index contributed by atoms with van der Waals surface area (Å²) < 4.78 is 5.30. The maximum Gasteiger partial charge on any atom is 0.268 e. The van der Waals surface area contributed by atoms with Gasteiger partial charge in [-0.25, -0.2) is 0 Å². The highest BCUT2D eigenvalue weighted by Crippen LogP contribution is 2.55. The molecule has 2 aliphatic rings. The average Bonchev–Trinajstić information content (AvgIpc) is 3.37. The van der Waals surface area contributed by atoms with E-state index in [1.54, 1.807) is 47.2 Å². The van der Waals surface area contributed by atoms with E-state index >= 15 is 0 Å². The van der Waals surface area contributed by atoms with Gasteiger partial charge in [-0.1, -0.05) is 47.5 Å². The van der Waals surface area contributed by atoms with Gasteiger partial charge in [0.15, 0.2) is 4.87 Å². The SMILES string of the molecule is COc1cccc(C(=O)N2CCS[C@@]23C(=O)N(Cc2ccc(C)cc2)c2ccc(Cl)cc23)c1. The molecule has 5 nitrogen and oxygen atoms in total.